The maximum atomic E-state index is 15.0. The lowest BCUT2D eigenvalue weighted by Crippen LogP contribution is -2.78. The molecule has 3 N–H and O–H groups in total. The number of benzene rings is 2. The summed E-state index contributed by atoms with van der Waals surface area (Å²) in [5.41, 5.74) is 4.93. The fourth-order valence-electron chi connectivity index (χ4n) is 6.02. The number of amides is 2. The number of fused-ring (bicyclic) bond motifs is 2. The van der Waals surface area contributed by atoms with Crippen LogP contribution in [0, 0.1) is 11.6 Å². The van der Waals surface area contributed by atoms with E-state index in [0.717, 1.165) is 17.7 Å². The molecule has 1 saturated carbocycles. The van der Waals surface area contributed by atoms with Crippen LogP contribution in [0.25, 0.3) is 0 Å². The van der Waals surface area contributed by atoms with Crippen LogP contribution in [0.5, 0.6) is 0 Å². The van der Waals surface area contributed by atoms with Crippen molar-refractivity contribution in [1.29, 1.82) is 0 Å². The van der Waals surface area contributed by atoms with Crippen LogP contribution in [-0.2, 0) is 32.3 Å². The number of ketones is 1. The highest BCUT2D eigenvalue weighted by Gasteiger charge is 2.69. The SMILES string of the molecule is CC(C)N1C[C@]2(C[C@H](OCc3ccccc3)C2)[N+]2(Cc3ccc(F)cc3F)C=C(C(N)=O)C(=O)C(O)=C2C1=O.Cl. The molecule has 2 aromatic rings. The third-order valence-electron chi connectivity index (χ3n) is 8.07. The Labute approximate surface area is 236 Å². The van der Waals surface area contributed by atoms with Gasteiger partial charge in [0, 0.05) is 30.5 Å². The first kappa shape index (κ1) is 29.4. The first-order valence-electron chi connectivity index (χ1n) is 12.8. The second-order valence-electron chi connectivity index (χ2n) is 10.8. The molecule has 2 aliphatic heterocycles. The van der Waals surface area contributed by atoms with Crippen LogP contribution in [-0.4, -0.2) is 56.3 Å². The highest BCUT2D eigenvalue weighted by Crippen LogP contribution is 2.55. The molecule has 2 heterocycles. The van der Waals surface area contributed by atoms with E-state index < -0.39 is 50.6 Å². The fourth-order valence-corrected chi connectivity index (χ4v) is 6.02. The number of quaternary nitrogens is 1. The summed E-state index contributed by atoms with van der Waals surface area (Å²) in [5, 5.41) is 11.1. The molecule has 40 heavy (non-hydrogen) atoms. The zero-order valence-corrected chi connectivity index (χ0v) is 22.9. The van der Waals surface area contributed by atoms with Gasteiger partial charge < -0.3 is 20.5 Å². The molecule has 8 nitrogen and oxygen atoms in total. The maximum absolute atomic E-state index is 15.0. The average Bonchev–Trinajstić information content (AvgIpc) is 2.86. The number of ether oxygens (including phenoxy) is 1. The molecule has 3 aliphatic rings. The molecule has 0 radical (unpaired) electrons. The number of piperazine rings is 1. The van der Waals surface area contributed by atoms with Gasteiger partial charge >= 0.3 is 5.91 Å². The van der Waals surface area contributed by atoms with Crippen LogP contribution in [0.4, 0.5) is 8.78 Å². The van der Waals surface area contributed by atoms with E-state index in [0.29, 0.717) is 19.4 Å². The molecule has 2 aromatic carbocycles. The predicted molar refractivity (Wildman–Crippen MR) is 143 cm³/mol. The molecule has 2 fully saturated rings. The number of allylic oxidation sites excluding steroid dienone is 1. The summed E-state index contributed by atoms with van der Waals surface area (Å²) >= 11 is 0. The summed E-state index contributed by atoms with van der Waals surface area (Å²) in [5.74, 6) is -5.25. The molecule has 5 rings (SSSR count). The Morgan fingerprint density at radius 3 is 2.45 bits per heavy atom. The zero-order chi connectivity index (χ0) is 28.1. The van der Waals surface area contributed by atoms with Crippen molar-refractivity contribution < 1.29 is 37.5 Å². The molecular formula is C29H31ClF2N3O5+. The third-order valence-corrected chi connectivity index (χ3v) is 8.07. The quantitative estimate of drug-likeness (QED) is 0.386. The van der Waals surface area contributed by atoms with Crippen LogP contribution < -0.4 is 5.73 Å². The van der Waals surface area contributed by atoms with Crippen LogP contribution in [0.1, 0.15) is 37.8 Å². The lowest BCUT2D eigenvalue weighted by Gasteiger charge is -2.62. The van der Waals surface area contributed by atoms with Gasteiger partial charge in [0.15, 0.2) is 0 Å². The number of aliphatic hydroxyl groups excluding tert-OH is 1. The van der Waals surface area contributed by atoms with Gasteiger partial charge in [0.05, 0.1) is 19.3 Å². The maximum Gasteiger partial charge on any atom is 0.313 e. The fraction of sp³-hybridized carbons (Fsp3) is 0.345. The van der Waals surface area contributed by atoms with Crippen molar-refractivity contribution in [2.45, 2.75) is 57.5 Å². The first-order valence-corrected chi connectivity index (χ1v) is 12.8. The number of Topliss-reactive ketones (excluding diaryl/α,β-unsaturated/α-hetero) is 1. The molecule has 0 aromatic heterocycles. The smallest absolute Gasteiger partial charge is 0.313 e. The number of rotatable bonds is 7. The topological polar surface area (TPSA) is 110 Å². The summed E-state index contributed by atoms with van der Waals surface area (Å²) in [7, 11) is 0. The van der Waals surface area contributed by atoms with Crippen LogP contribution in [0.2, 0.25) is 0 Å². The molecule has 1 aliphatic carbocycles. The molecule has 1 spiro atoms. The van der Waals surface area contributed by atoms with E-state index in [9.17, 15) is 23.9 Å². The highest BCUT2D eigenvalue weighted by molar-refractivity contribution is 6.26. The van der Waals surface area contributed by atoms with E-state index in [2.05, 4.69) is 0 Å². The van der Waals surface area contributed by atoms with Crippen molar-refractivity contribution in [3.8, 4) is 0 Å². The van der Waals surface area contributed by atoms with E-state index in [1.165, 1.54) is 12.3 Å². The number of aliphatic hydroxyl groups is 1. The number of nitrogens with two attached hydrogens (primary N) is 1. The van der Waals surface area contributed by atoms with Crippen LogP contribution in [0.3, 0.4) is 0 Å². The number of carbonyl (C=O) groups is 3. The zero-order valence-electron chi connectivity index (χ0n) is 22.1. The summed E-state index contributed by atoms with van der Waals surface area (Å²) in [6.45, 7) is 3.94. The number of nitrogens with zero attached hydrogens (tertiary/aromatic N) is 2. The summed E-state index contributed by atoms with van der Waals surface area (Å²) < 4.78 is 34.4. The van der Waals surface area contributed by atoms with Gasteiger partial charge in [-0.3, -0.25) is 14.4 Å². The van der Waals surface area contributed by atoms with Crippen molar-refractivity contribution in [2.24, 2.45) is 5.73 Å². The average molecular weight is 575 g/mol. The van der Waals surface area contributed by atoms with Crippen LogP contribution in [0.15, 0.2) is 71.8 Å². The standard InChI is InChI=1S/C29H29F2N3O5.ClH/c1-17(2)33-16-29(11-21(12-29)39-15-18-6-4-3-5-7-18)34(13-19-8-9-20(30)10-23(19)31)14-22(27(32)37)25(35)26(36)24(34)28(33)38;/h3-10,14,17,21H,11-13,15-16H2,1-2H3,(H2-,32,36,37,38);1H/p+1/t21-,29+,34?;. The molecule has 0 bridgehead atoms. The number of hydrogen-bond acceptors (Lipinski definition) is 5. The number of halogens is 3. The second-order valence-corrected chi connectivity index (χ2v) is 10.8. The lowest BCUT2D eigenvalue weighted by atomic mass is 9.67. The van der Waals surface area contributed by atoms with Gasteiger partial charge in [-0.1, -0.05) is 30.3 Å². The molecular weight excluding hydrogens is 544 g/mol. The molecule has 1 saturated heterocycles. The highest BCUT2D eigenvalue weighted by atomic mass is 35.5. The molecule has 212 valence electrons. The van der Waals surface area contributed by atoms with E-state index in [-0.39, 0.29) is 48.9 Å². The van der Waals surface area contributed by atoms with Gasteiger partial charge in [0.2, 0.25) is 17.2 Å². The van der Waals surface area contributed by atoms with Crippen molar-refractivity contribution in [3.63, 3.8) is 0 Å². The summed E-state index contributed by atoms with van der Waals surface area (Å²) in [4.78, 5) is 40.7. The van der Waals surface area contributed by atoms with E-state index in [1.807, 2.05) is 44.2 Å². The third kappa shape index (κ3) is 4.70. The monoisotopic (exact) mass is 574 g/mol. The van der Waals surface area contributed by atoms with Crippen molar-refractivity contribution in [3.05, 3.63) is 94.5 Å². The lowest BCUT2D eigenvalue weighted by molar-refractivity contribution is -0.919. The minimum absolute atomic E-state index is 0. The molecule has 2 amide bonds. The Kier molecular flexibility index (Phi) is 7.90. The van der Waals surface area contributed by atoms with Gasteiger partial charge in [-0.15, -0.1) is 12.4 Å². The Bertz CT molecular complexity index is 1420. The Morgan fingerprint density at radius 1 is 1.18 bits per heavy atom. The van der Waals surface area contributed by atoms with Crippen molar-refractivity contribution >= 4 is 30.0 Å². The molecule has 1 atom stereocenters. The summed E-state index contributed by atoms with van der Waals surface area (Å²) in [6.07, 6.45) is 1.80. The first-order chi connectivity index (χ1) is 18.5. The van der Waals surface area contributed by atoms with Gasteiger partial charge in [-0.05, 0) is 31.5 Å². The second kappa shape index (κ2) is 10.8. The number of primary amides is 1. The largest absolute Gasteiger partial charge is 0.500 e. The van der Waals surface area contributed by atoms with Crippen molar-refractivity contribution in [1.82, 2.24) is 4.90 Å². The van der Waals surface area contributed by atoms with E-state index in [1.54, 1.807) is 4.90 Å². The minimum atomic E-state index is -1.08. The number of hydrogen-bond donors (Lipinski definition) is 2. The van der Waals surface area contributed by atoms with E-state index in [4.69, 9.17) is 10.5 Å². The Morgan fingerprint density at radius 2 is 1.85 bits per heavy atom. The van der Waals surface area contributed by atoms with Crippen LogP contribution >= 0.6 is 12.4 Å². The number of carbonyl (C=O) groups excluding carboxylic acids is 3. The normalized spacial score (nSPS) is 25.9. The predicted octanol–water partition coefficient (Wildman–Crippen LogP) is 3.79. The molecule has 11 heteroatoms. The Balaban J connectivity index is 0.00000370. The van der Waals surface area contributed by atoms with E-state index >= 15 is 4.39 Å². The van der Waals surface area contributed by atoms with Gasteiger partial charge in [0.25, 0.3) is 5.91 Å². The minimum Gasteiger partial charge on any atom is -0.500 e. The summed E-state index contributed by atoms with van der Waals surface area (Å²) in [6, 6.07) is 12.4. The van der Waals surface area contributed by atoms with Gasteiger partial charge in [-0.2, -0.15) is 0 Å². The molecule has 1 unspecified atom stereocenters. The van der Waals surface area contributed by atoms with Gasteiger partial charge in [0.1, 0.15) is 35.5 Å². The van der Waals surface area contributed by atoms with Gasteiger partial charge in [-0.25, -0.2) is 13.3 Å². The Hall–Kier alpha value is -3.60. The van der Waals surface area contributed by atoms with Crippen molar-refractivity contribution in [2.75, 3.05) is 6.54 Å².